The molecule has 2 fully saturated rings. The van der Waals surface area contributed by atoms with Crippen molar-refractivity contribution >= 4 is 16.1 Å². The van der Waals surface area contributed by atoms with E-state index in [0.29, 0.717) is 19.5 Å². The van der Waals surface area contributed by atoms with Gasteiger partial charge >= 0.3 is 0 Å². The van der Waals surface area contributed by atoms with E-state index in [4.69, 9.17) is 0 Å². The Morgan fingerprint density at radius 2 is 2.19 bits per heavy atom. The molecule has 1 aliphatic heterocycles. The number of hydrogen-bond donors (Lipinski definition) is 2. The van der Waals surface area contributed by atoms with Crippen molar-refractivity contribution in [2.24, 2.45) is 0 Å². The molecule has 1 saturated heterocycles. The lowest BCUT2D eigenvalue weighted by Gasteiger charge is -2.33. The second-order valence-electron chi connectivity index (χ2n) is 4.22. The van der Waals surface area contributed by atoms with Gasteiger partial charge in [-0.1, -0.05) is 6.92 Å². The SMILES string of the molecule is CCC1C(=O)NCCN1S(=O)(=O)NC1CC1. The van der Waals surface area contributed by atoms with Crippen LogP contribution in [0.4, 0.5) is 0 Å². The first-order valence-electron chi connectivity index (χ1n) is 5.61. The molecule has 1 atom stereocenters. The highest BCUT2D eigenvalue weighted by molar-refractivity contribution is 7.87. The van der Waals surface area contributed by atoms with E-state index < -0.39 is 16.3 Å². The Hall–Kier alpha value is -0.660. The van der Waals surface area contributed by atoms with Crippen molar-refractivity contribution in [3.8, 4) is 0 Å². The van der Waals surface area contributed by atoms with Gasteiger partial charge in [-0.25, -0.2) is 0 Å². The summed E-state index contributed by atoms with van der Waals surface area (Å²) in [4.78, 5) is 11.5. The quantitative estimate of drug-likeness (QED) is 0.682. The molecule has 1 unspecified atom stereocenters. The van der Waals surface area contributed by atoms with Gasteiger partial charge in [-0.2, -0.15) is 17.4 Å². The number of carbonyl (C=O) groups excluding carboxylic acids is 1. The van der Waals surface area contributed by atoms with Crippen LogP contribution >= 0.6 is 0 Å². The minimum atomic E-state index is -3.49. The molecular formula is C9H17N3O3S. The van der Waals surface area contributed by atoms with E-state index >= 15 is 0 Å². The van der Waals surface area contributed by atoms with Gasteiger partial charge in [-0.15, -0.1) is 0 Å². The van der Waals surface area contributed by atoms with Crippen LogP contribution in [0.25, 0.3) is 0 Å². The van der Waals surface area contributed by atoms with Gasteiger partial charge in [0.25, 0.3) is 10.2 Å². The fourth-order valence-corrected chi connectivity index (χ4v) is 3.55. The van der Waals surface area contributed by atoms with Crippen molar-refractivity contribution in [3.63, 3.8) is 0 Å². The molecule has 16 heavy (non-hydrogen) atoms. The second-order valence-corrected chi connectivity index (χ2v) is 5.88. The van der Waals surface area contributed by atoms with Crippen molar-refractivity contribution in [1.82, 2.24) is 14.3 Å². The molecule has 0 aromatic carbocycles. The summed E-state index contributed by atoms with van der Waals surface area (Å²) >= 11 is 0. The Morgan fingerprint density at radius 3 is 2.75 bits per heavy atom. The Morgan fingerprint density at radius 1 is 1.50 bits per heavy atom. The summed E-state index contributed by atoms with van der Waals surface area (Å²) in [5, 5.41) is 2.68. The normalized spacial score (nSPS) is 27.8. The molecule has 2 aliphatic rings. The summed E-state index contributed by atoms with van der Waals surface area (Å²) in [5.41, 5.74) is 0. The van der Waals surface area contributed by atoms with Crippen molar-refractivity contribution in [1.29, 1.82) is 0 Å². The van der Waals surface area contributed by atoms with Gasteiger partial charge in [-0.3, -0.25) is 4.79 Å². The Kier molecular flexibility index (Phi) is 3.18. The van der Waals surface area contributed by atoms with E-state index in [1.165, 1.54) is 4.31 Å². The molecule has 0 spiro atoms. The summed E-state index contributed by atoms with van der Waals surface area (Å²) in [6, 6.07) is -0.488. The number of carbonyl (C=O) groups is 1. The van der Waals surface area contributed by atoms with Gasteiger partial charge in [0.1, 0.15) is 6.04 Å². The van der Waals surface area contributed by atoms with Gasteiger partial charge in [0, 0.05) is 19.1 Å². The van der Waals surface area contributed by atoms with Crippen molar-refractivity contribution in [2.75, 3.05) is 13.1 Å². The van der Waals surface area contributed by atoms with Crippen LogP contribution in [0.1, 0.15) is 26.2 Å². The monoisotopic (exact) mass is 247 g/mol. The Bertz CT molecular complexity index is 377. The van der Waals surface area contributed by atoms with Gasteiger partial charge in [0.2, 0.25) is 5.91 Å². The molecule has 2 rings (SSSR count). The zero-order valence-electron chi connectivity index (χ0n) is 9.27. The molecule has 2 N–H and O–H groups in total. The Labute approximate surface area is 95.6 Å². The van der Waals surface area contributed by atoms with E-state index in [9.17, 15) is 13.2 Å². The third-order valence-corrected chi connectivity index (χ3v) is 4.56. The molecule has 7 heteroatoms. The molecule has 0 radical (unpaired) electrons. The van der Waals surface area contributed by atoms with Gasteiger partial charge in [-0.05, 0) is 19.3 Å². The minimum Gasteiger partial charge on any atom is -0.353 e. The van der Waals surface area contributed by atoms with E-state index in [1.807, 2.05) is 6.92 Å². The van der Waals surface area contributed by atoms with Crippen LogP contribution in [0.5, 0.6) is 0 Å². The molecule has 1 aliphatic carbocycles. The summed E-state index contributed by atoms with van der Waals surface area (Å²) in [6.45, 7) is 2.56. The van der Waals surface area contributed by atoms with Gasteiger partial charge < -0.3 is 5.32 Å². The van der Waals surface area contributed by atoms with Crippen molar-refractivity contribution < 1.29 is 13.2 Å². The molecule has 92 valence electrons. The van der Waals surface area contributed by atoms with Crippen molar-refractivity contribution in [2.45, 2.75) is 38.3 Å². The fourth-order valence-electron chi connectivity index (χ4n) is 1.85. The smallest absolute Gasteiger partial charge is 0.280 e. The lowest BCUT2D eigenvalue weighted by Crippen LogP contribution is -2.59. The predicted molar refractivity (Wildman–Crippen MR) is 58.9 cm³/mol. The summed E-state index contributed by atoms with van der Waals surface area (Å²) in [5.74, 6) is -0.199. The topological polar surface area (TPSA) is 78.5 Å². The van der Waals surface area contributed by atoms with E-state index in [0.717, 1.165) is 12.8 Å². The fraction of sp³-hybridized carbons (Fsp3) is 0.889. The van der Waals surface area contributed by atoms with Crippen LogP contribution in [0.3, 0.4) is 0 Å². The maximum Gasteiger partial charge on any atom is 0.280 e. The zero-order valence-corrected chi connectivity index (χ0v) is 10.1. The Balaban J connectivity index is 2.13. The molecule has 0 bridgehead atoms. The maximum absolute atomic E-state index is 12.0. The van der Waals surface area contributed by atoms with Gasteiger partial charge in [0.05, 0.1) is 0 Å². The standard InChI is InChI=1S/C9H17N3O3S/c1-2-8-9(13)10-5-6-12(8)16(14,15)11-7-3-4-7/h7-8,11H,2-6H2,1H3,(H,10,13). The van der Waals surface area contributed by atoms with Crippen LogP contribution in [0.15, 0.2) is 0 Å². The lowest BCUT2D eigenvalue weighted by molar-refractivity contribution is -0.126. The van der Waals surface area contributed by atoms with E-state index in [-0.39, 0.29) is 11.9 Å². The summed E-state index contributed by atoms with van der Waals surface area (Å²) in [7, 11) is -3.49. The lowest BCUT2D eigenvalue weighted by atomic mass is 10.2. The number of hydrogen-bond acceptors (Lipinski definition) is 3. The first kappa shape index (κ1) is 11.8. The van der Waals surface area contributed by atoms with Crippen molar-refractivity contribution in [3.05, 3.63) is 0 Å². The number of amides is 1. The maximum atomic E-state index is 12.0. The molecular weight excluding hydrogens is 230 g/mol. The number of piperazine rings is 1. The van der Waals surface area contributed by atoms with Gasteiger partial charge in [0.15, 0.2) is 0 Å². The largest absolute Gasteiger partial charge is 0.353 e. The first-order chi connectivity index (χ1) is 7.54. The summed E-state index contributed by atoms with van der Waals surface area (Å²) in [6.07, 6.45) is 2.30. The average Bonchev–Trinajstić information content (AvgIpc) is 3.00. The summed E-state index contributed by atoms with van der Waals surface area (Å²) < 4.78 is 27.9. The van der Waals surface area contributed by atoms with Crippen LogP contribution in [0.2, 0.25) is 0 Å². The highest BCUT2D eigenvalue weighted by atomic mass is 32.2. The van der Waals surface area contributed by atoms with Crippen LogP contribution in [-0.4, -0.2) is 43.8 Å². The first-order valence-corrected chi connectivity index (χ1v) is 7.05. The van der Waals surface area contributed by atoms with Crippen LogP contribution in [0, 0.1) is 0 Å². The molecule has 0 aromatic heterocycles. The number of nitrogens with zero attached hydrogens (tertiary/aromatic N) is 1. The third kappa shape index (κ3) is 2.36. The number of rotatable bonds is 4. The third-order valence-electron chi connectivity index (χ3n) is 2.87. The number of nitrogens with one attached hydrogen (secondary N) is 2. The molecule has 1 heterocycles. The zero-order chi connectivity index (χ0) is 11.8. The highest BCUT2D eigenvalue weighted by Gasteiger charge is 2.38. The average molecular weight is 247 g/mol. The molecule has 0 aromatic rings. The van der Waals surface area contributed by atoms with E-state index in [1.54, 1.807) is 0 Å². The predicted octanol–water partition coefficient (Wildman–Crippen LogP) is -0.806. The van der Waals surface area contributed by atoms with E-state index in [2.05, 4.69) is 10.0 Å². The molecule has 1 saturated carbocycles. The van der Waals surface area contributed by atoms with Crippen LogP contribution < -0.4 is 10.0 Å². The molecule has 1 amide bonds. The highest BCUT2D eigenvalue weighted by Crippen LogP contribution is 2.22. The molecule has 6 nitrogen and oxygen atoms in total. The minimum absolute atomic E-state index is 0.0764. The second kappa shape index (κ2) is 4.31. The van der Waals surface area contributed by atoms with Crippen LogP contribution in [-0.2, 0) is 15.0 Å².